The lowest BCUT2D eigenvalue weighted by atomic mass is 10.3. The second-order valence-corrected chi connectivity index (χ2v) is 5.21. The van der Waals surface area contributed by atoms with Crippen molar-refractivity contribution in [2.24, 2.45) is 0 Å². The van der Waals surface area contributed by atoms with Crippen molar-refractivity contribution in [3.63, 3.8) is 0 Å². The predicted octanol–water partition coefficient (Wildman–Crippen LogP) is 3.30. The highest BCUT2D eigenvalue weighted by Crippen LogP contribution is 2.29. The molecule has 7 heteroatoms. The lowest BCUT2D eigenvalue weighted by Crippen LogP contribution is -2.32. The van der Waals surface area contributed by atoms with E-state index in [4.69, 9.17) is 18.9 Å². The molecule has 0 aliphatic heterocycles. The fourth-order valence-electron chi connectivity index (χ4n) is 2.24. The monoisotopic (exact) mass is 360 g/mol. The van der Waals surface area contributed by atoms with E-state index in [9.17, 15) is 4.79 Å². The summed E-state index contributed by atoms with van der Waals surface area (Å²) >= 11 is 0. The Morgan fingerprint density at radius 2 is 1.69 bits per heavy atom. The van der Waals surface area contributed by atoms with Crippen molar-refractivity contribution in [3.8, 4) is 23.0 Å². The van der Waals surface area contributed by atoms with Gasteiger partial charge in [0.15, 0.2) is 11.5 Å². The molecule has 2 aromatic rings. The Labute approximate surface area is 153 Å². The van der Waals surface area contributed by atoms with Crippen LogP contribution in [0.3, 0.4) is 0 Å². The van der Waals surface area contributed by atoms with Crippen LogP contribution in [0.4, 0.5) is 10.5 Å². The van der Waals surface area contributed by atoms with Crippen LogP contribution in [0.15, 0.2) is 42.5 Å². The summed E-state index contributed by atoms with van der Waals surface area (Å²) in [7, 11) is 3.10. The van der Waals surface area contributed by atoms with Gasteiger partial charge in [-0.1, -0.05) is 6.07 Å². The number of anilines is 1. The molecule has 0 spiro atoms. The summed E-state index contributed by atoms with van der Waals surface area (Å²) in [6, 6.07) is 12.2. The molecule has 2 amide bonds. The molecule has 0 unspecified atom stereocenters. The maximum Gasteiger partial charge on any atom is 0.319 e. The summed E-state index contributed by atoms with van der Waals surface area (Å²) in [5, 5.41) is 5.46. The minimum Gasteiger partial charge on any atom is -0.494 e. The van der Waals surface area contributed by atoms with Crippen LogP contribution < -0.4 is 29.6 Å². The van der Waals surface area contributed by atoms with Crippen LogP contribution in [0.5, 0.6) is 23.0 Å². The molecule has 2 aromatic carbocycles. The standard InChI is InChI=1S/C19H24N2O5/c1-4-25-15-6-5-7-16(13-15)26-11-10-20-19(22)21-14-8-9-17(23-2)18(12-14)24-3/h5-9,12-13H,4,10-11H2,1-3H3,(H2,20,21,22). The fraction of sp³-hybridized carbons (Fsp3) is 0.316. The molecule has 0 aliphatic carbocycles. The van der Waals surface area contributed by atoms with Gasteiger partial charge in [-0.2, -0.15) is 0 Å². The largest absolute Gasteiger partial charge is 0.494 e. The van der Waals surface area contributed by atoms with Crippen molar-refractivity contribution in [2.45, 2.75) is 6.92 Å². The number of hydrogen-bond donors (Lipinski definition) is 2. The number of rotatable bonds is 9. The number of urea groups is 1. The van der Waals surface area contributed by atoms with Gasteiger partial charge >= 0.3 is 6.03 Å². The first-order chi connectivity index (χ1) is 12.7. The fourth-order valence-corrected chi connectivity index (χ4v) is 2.24. The first-order valence-electron chi connectivity index (χ1n) is 8.28. The number of carbonyl (C=O) groups is 1. The summed E-state index contributed by atoms with van der Waals surface area (Å²) in [5.74, 6) is 2.59. The number of ether oxygens (including phenoxy) is 4. The normalized spacial score (nSPS) is 9.96. The highest BCUT2D eigenvalue weighted by atomic mass is 16.5. The van der Waals surface area contributed by atoms with Gasteiger partial charge in [-0.25, -0.2) is 4.79 Å². The smallest absolute Gasteiger partial charge is 0.319 e. The third-order valence-corrected chi connectivity index (χ3v) is 3.41. The quantitative estimate of drug-likeness (QED) is 0.671. The van der Waals surface area contributed by atoms with Crippen LogP contribution >= 0.6 is 0 Å². The topological polar surface area (TPSA) is 78.1 Å². The molecule has 0 aromatic heterocycles. The number of methoxy groups -OCH3 is 2. The Hall–Kier alpha value is -3.09. The van der Waals surface area contributed by atoms with Crippen molar-refractivity contribution < 1.29 is 23.7 Å². The molecule has 2 N–H and O–H groups in total. The van der Waals surface area contributed by atoms with E-state index in [1.807, 2.05) is 31.2 Å². The number of benzene rings is 2. The van der Waals surface area contributed by atoms with E-state index in [0.29, 0.717) is 42.7 Å². The summed E-state index contributed by atoms with van der Waals surface area (Å²) in [5.41, 5.74) is 0.602. The predicted molar refractivity (Wildman–Crippen MR) is 99.7 cm³/mol. The van der Waals surface area contributed by atoms with Crippen molar-refractivity contribution in [1.29, 1.82) is 0 Å². The molecular formula is C19H24N2O5. The molecule has 7 nitrogen and oxygen atoms in total. The zero-order valence-corrected chi connectivity index (χ0v) is 15.2. The lowest BCUT2D eigenvalue weighted by Gasteiger charge is -2.12. The first kappa shape index (κ1) is 19.2. The molecule has 0 saturated carbocycles. The van der Waals surface area contributed by atoms with E-state index in [-0.39, 0.29) is 6.03 Å². The molecule has 26 heavy (non-hydrogen) atoms. The first-order valence-corrected chi connectivity index (χ1v) is 8.28. The summed E-state index contributed by atoms with van der Waals surface area (Å²) < 4.78 is 21.4. The second-order valence-electron chi connectivity index (χ2n) is 5.21. The molecule has 0 radical (unpaired) electrons. The minimum atomic E-state index is -0.330. The van der Waals surface area contributed by atoms with E-state index in [0.717, 1.165) is 5.75 Å². The second kappa shape index (κ2) is 10.0. The van der Waals surface area contributed by atoms with Crippen LogP contribution in [-0.2, 0) is 0 Å². The van der Waals surface area contributed by atoms with Gasteiger partial charge in [-0.05, 0) is 31.2 Å². The van der Waals surface area contributed by atoms with Crippen molar-refractivity contribution in [3.05, 3.63) is 42.5 Å². The minimum absolute atomic E-state index is 0.330. The zero-order chi connectivity index (χ0) is 18.8. The van der Waals surface area contributed by atoms with E-state index in [1.165, 1.54) is 0 Å². The molecule has 140 valence electrons. The van der Waals surface area contributed by atoms with Crippen molar-refractivity contribution in [2.75, 3.05) is 39.3 Å². The Morgan fingerprint density at radius 1 is 0.962 bits per heavy atom. The molecule has 2 rings (SSSR count). The van der Waals surface area contributed by atoms with E-state index < -0.39 is 0 Å². The summed E-state index contributed by atoms with van der Waals surface area (Å²) in [6.07, 6.45) is 0. The van der Waals surface area contributed by atoms with Gasteiger partial charge in [0.1, 0.15) is 18.1 Å². The Kier molecular flexibility index (Phi) is 7.42. The molecule has 0 aliphatic rings. The molecule has 0 heterocycles. The maximum absolute atomic E-state index is 11.9. The van der Waals surface area contributed by atoms with Crippen LogP contribution in [0.1, 0.15) is 6.92 Å². The molecule has 0 saturated heterocycles. The average molecular weight is 360 g/mol. The molecule has 0 atom stereocenters. The number of hydrogen-bond acceptors (Lipinski definition) is 5. The molecule has 0 bridgehead atoms. The maximum atomic E-state index is 11.9. The molecular weight excluding hydrogens is 336 g/mol. The van der Waals surface area contributed by atoms with Gasteiger partial charge < -0.3 is 29.6 Å². The van der Waals surface area contributed by atoms with Crippen molar-refractivity contribution >= 4 is 11.7 Å². The molecule has 0 fully saturated rings. The average Bonchev–Trinajstić information content (AvgIpc) is 2.66. The number of amides is 2. The van der Waals surface area contributed by atoms with Crippen molar-refractivity contribution in [1.82, 2.24) is 5.32 Å². The van der Waals surface area contributed by atoms with Crippen LogP contribution in [0.25, 0.3) is 0 Å². The van der Waals surface area contributed by atoms with Gasteiger partial charge in [0.25, 0.3) is 0 Å². The number of carbonyl (C=O) groups excluding carboxylic acids is 1. The highest BCUT2D eigenvalue weighted by molar-refractivity contribution is 5.89. The third-order valence-electron chi connectivity index (χ3n) is 3.41. The Bertz CT molecular complexity index is 721. The van der Waals surface area contributed by atoms with E-state index in [2.05, 4.69) is 10.6 Å². The Morgan fingerprint density at radius 3 is 2.38 bits per heavy atom. The van der Waals surface area contributed by atoms with Crippen LogP contribution in [0, 0.1) is 0 Å². The Balaban J connectivity index is 1.76. The zero-order valence-electron chi connectivity index (χ0n) is 15.2. The third kappa shape index (κ3) is 5.77. The van der Waals surface area contributed by atoms with Crippen LogP contribution in [0.2, 0.25) is 0 Å². The lowest BCUT2D eigenvalue weighted by molar-refractivity contribution is 0.247. The van der Waals surface area contributed by atoms with Gasteiger partial charge in [-0.3, -0.25) is 0 Å². The van der Waals surface area contributed by atoms with E-state index in [1.54, 1.807) is 32.4 Å². The van der Waals surface area contributed by atoms with E-state index >= 15 is 0 Å². The number of nitrogens with one attached hydrogen (secondary N) is 2. The van der Waals surface area contributed by atoms with Gasteiger partial charge in [0.05, 0.1) is 27.4 Å². The highest BCUT2D eigenvalue weighted by Gasteiger charge is 2.07. The summed E-state index contributed by atoms with van der Waals surface area (Å²) in [6.45, 7) is 3.22. The van der Waals surface area contributed by atoms with Gasteiger partial charge in [-0.15, -0.1) is 0 Å². The SMILES string of the molecule is CCOc1cccc(OCCNC(=O)Nc2ccc(OC)c(OC)c2)c1. The van der Waals surface area contributed by atoms with Gasteiger partial charge in [0.2, 0.25) is 0 Å². The van der Waals surface area contributed by atoms with Crippen LogP contribution in [-0.4, -0.2) is 40.0 Å². The summed E-state index contributed by atoms with van der Waals surface area (Å²) in [4.78, 5) is 11.9. The van der Waals surface area contributed by atoms with Gasteiger partial charge in [0, 0.05) is 17.8 Å².